The molecule has 0 spiro atoms. The fourth-order valence-corrected chi connectivity index (χ4v) is 6.80. The van der Waals surface area contributed by atoms with Gasteiger partial charge in [-0.15, -0.1) is 14.1 Å². The Labute approximate surface area is 267 Å². The Morgan fingerprint density at radius 1 is 1.07 bits per heavy atom. The van der Waals surface area contributed by atoms with Crippen molar-refractivity contribution in [2.75, 3.05) is 25.2 Å². The molecule has 1 atom stereocenters. The van der Waals surface area contributed by atoms with Gasteiger partial charge in [-0.3, -0.25) is 0 Å². The fourth-order valence-electron chi connectivity index (χ4n) is 5.96. The van der Waals surface area contributed by atoms with E-state index in [9.17, 15) is 4.79 Å². The number of ether oxygens (including phenoxy) is 3. The van der Waals surface area contributed by atoms with Crippen molar-refractivity contribution >= 4 is 48.1 Å². The van der Waals surface area contributed by atoms with Crippen molar-refractivity contribution in [1.82, 2.24) is 9.55 Å². The largest absolute Gasteiger partial charge is 0.481 e. The number of benzene rings is 2. The highest BCUT2D eigenvalue weighted by atomic mass is 35.5. The molecule has 0 aliphatic carbocycles. The first-order valence-corrected chi connectivity index (χ1v) is 19.3. The number of carbonyl (C=O) groups is 1. The molecule has 1 aliphatic rings. The Bertz CT molecular complexity index is 1690. The second-order valence-corrected chi connectivity index (χ2v) is 19.8. The summed E-state index contributed by atoms with van der Waals surface area (Å²) < 4.78 is 20.4. The fraction of sp³-hybridized carbons (Fsp3) is 0.429. The molecule has 4 aromatic rings. The predicted molar refractivity (Wildman–Crippen MR) is 182 cm³/mol. The molecule has 9 heteroatoms. The van der Waals surface area contributed by atoms with Gasteiger partial charge in [0.25, 0.3) is 0 Å². The summed E-state index contributed by atoms with van der Waals surface area (Å²) in [7, 11) is 0.168. The molecule has 0 fully saturated rings. The molecule has 0 radical (unpaired) electrons. The number of hydrogen-bond acceptors (Lipinski definition) is 6. The summed E-state index contributed by atoms with van der Waals surface area (Å²) >= 11 is 6.33. The molecule has 0 saturated carbocycles. The van der Waals surface area contributed by atoms with Gasteiger partial charge in [-0.25, -0.2) is 4.79 Å². The Hall–Kier alpha value is -3.33. The predicted octanol–water partition coefficient (Wildman–Crippen LogP) is 8.87. The minimum Gasteiger partial charge on any atom is -0.481 e. The normalized spacial score (nSPS) is 14.2. The lowest BCUT2D eigenvalue weighted by Gasteiger charge is -2.35. The number of rotatable bonds is 9. The van der Waals surface area contributed by atoms with E-state index in [1.165, 1.54) is 7.11 Å². The van der Waals surface area contributed by atoms with Crippen molar-refractivity contribution < 1.29 is 19.0 Å². The van der Waals surface area contributed by atoms with Crippen LogP contribution in [0.15, 0.2) is 48.5 Å². The van der Waals surface area contributed by atoms with E-state index in [1.54, 1.807) is 0 Å². The second kappa shape index (κ2) is 12.2. The number of esters is 1. The molecule has 0 bridgehead atoms. The van der Waals surface area contributed by atoms with Crippen molar-refractivity contribution in [3.05, 3.63) is 70.4 Å². The van der Waals surface area contributed by atoms with Crippen LogP contribution in [0.1, 0.15) is 43.7 Å². The van der Waals surface area contributed by atoms with E-state index < -0.39 is 25.7 Å². The Morgan fingerprint density at radius 2 is 1.77 bits per heavy atom. The first kappa shape index (κ1) is 32.1. The molecule has 3 heterocycles. The van der Waals surface area contributed by atoms with E-state index in [2.05, 4.69) is 49.0 Å². The summed E-state index contributed by atoms with van der Waals surface area (Å²) in [5.74, 6) is 0.981. The third-order valence-corrected chi connectivity index (χ3v) is 9.97. The van der Waals surface area contributed by atoms with Crippen LogP contribution < -0.4 is 9.64 Å². The zero-order chi connectivity index (χ0) is 32.0. The monoisotopic (exact) mass is 633 g/mol. The van der Waals surface area contributed by atoms with Gasteiger partial charge < -0.3 is 23.7 Å². The topological polar surface area (TPSA) is 65.8 Å². The number of methoxy groups -OCH3 is 1. The molecule has 44 heavy (non-hydrogen) atoms. The molecular formula is C35H44ClN3O4Si-. The van der Waals surface area contributed by atoms with E-state index in [4.69, 9.17) is 30.8 Å². The van der Waals surface area contributed by atoms with E-state index in [-0.39, 0.29) is 0 Å². The maximum absolute atomic E-state index is 13.6. The van der Waals surface area contributed by atoms with Crippen LogP contribution in [0.2, 0.25) is 30.7 Å². The molecule has 5 rings (SSSR count). The lowest BCUT2D eigenvalue weighted by molar-refractivity contribution is -0.164. The summed E-state index contributed by atoms with van der Waals surface area (Å²) in [6.45, 7) is 19.3. The van der Waals surface area contributed by atoms with Crippen molar-refractivity contribution in [1.29, 1.82) is 0 Å². The minimum absolute atomic E-state index is 0.445. The molecular weight excluding hydrogens is 590 g/mol. The molecule has 0 amide bonds. The maximum Gasteiger partial charge on any atom is 0.339 e. The number of nitrogens with zero attached hydrogens (tertiary/aromatic N) is 3. The highest BCUT2D eigenvalue weighted by Gasteiger charge is 2.37. The summed E-state index contributed by atoms with van der Waals surface area (Å²) in [5, 5.41) is 1.69. The average Bonchev–Trinajstić information content (AvgIpc) is 3.29. The lowest BCUT2D eigenvalue weighted by atomic mass is 9.87. The zero-order valence-corrected chi connectivity index (χ0v) is 29.1. The quantitative estimate of drug-likeness (QED) is 0.135. The number of pyridine rings is 1. The van der Waals surface area contributed by atoms with Gasteiger partial charge in [0.15, 0.2) is 6.10 Å². The van der Waals surface area contributed by atoms with E-state index in [0.717, 1.165) is 62.9 Å². The summed E-state index contributed by atoms with van der Waals surface area (Å²) in [4.78, 5) is 20.8. The SMILES string of the molecule is COC(=O)[C@@H](OC(C)(C)C)c1c(C)c2c3c(cc(C)n3CCN2c2cccc(OCC[Si-](C)(C)C)n2)c1-c1ccc(Cl)cc1. The molecule has 0 N–H and O–H groups in total. The molecule has 0 saturated heterocycles. The average molecular weight is 634 g/mol. The van der Waals surface area contributed by atoms with Crippen LogP contribution in [0.3, 0.4) is 0 Å². The highest BCUT2D eigenvalue weighted by Crippen LogP contribution is 2.49. The van der Waals surface area contributed by atoms with Crippen LogP contribution in [-0.4, -0.2) is 49.5 Å². The van der Waals surface area contributed by atoms with Gasteiger partial charge in [0.05, 0.1) is 30.5 Å². The van der Waals surface area contributed by atoms with Crippen LogP contribution in [0.5, 0.6) is 5.88 Å². The molecule has 1 aliphatic heterocycles. The summed E-state index contributed by atoms with van der Waals surface area (Å²) in [6, 6.07) is 17.0. The van der Waals surface area contributed by atoms with Crippen molar-refractivity contribution in [2.45, 2.75) is 78.6 Å². The molecule has 2 aromatic heterocycles. The smallest absolute Gasteiger partial charge is 0.339 e. The summed E-state index contributed by atoms with van der Waals surface area (Å²) in [6.07, 6.45) is -0.956. The first-order valence-electron chi connectivity index (χ1n) is 15.2. The second-order valence-electron chi connectivity index (χ2n) is 13.7. The number of hydrogen-bond donors (Lipinski definition) is 0. The molecule has 2 aromatic carbocycles. The van der Waals surface area contributed by atoms with Gasteiger partial charge in [0.2, 0.25) is 5.88 Å². The van der Waals surface area contributed by atoms with Crippen LogP contribution in [-0.2, 0) is 20.8 Å². The molecule has 0 unspecified atom stereocenters. The van der Waals surface area contributed by atoms with Gasteiger partial charge >= 0.3 is 5.97 Å². The van der Waals surface area contributed by atoms with Crippen molar-refractivity contribution in [3.63, 3.8) is 0 Å². The maximum atomic E-state index is 13.6. The number of aryl methyl sites for hydroxylation is 1. The molecule has 7 nitrogen and oxygen atoms in total. The zero-order valence-electron chi connectivity index (χ0n) is 27.4. The van der Waals surface area contributed by atoms with Gasteiger partial charge in [0.1, 0.15) is 5.82 Å². The highest BCUT2D eigenvalue weighted by molar-refractivity contribution is 6.76. The van der Waals surface area contributed by atoms with Crippen molar-refractivity contribution in [3.8, 4) is 17.0 Å². The van der Waals surface area contributed by atoms with Gasteiger partial charge in [0, 0.05) is 40.8 Å². The number of aromatic nitrogens is 2. The van der Waals surface area contributed by atoms with Crippen LogP contribution in [0.4, 0.5) is 11.5 Å². The van der Waals surface area contributed by atoms with E-state index >= 15 is 0 Å². The van der Waals surface area contributed by atoms with Gasteiger partial charge in [-0.1, -0.05) is 29.8 Å². The summed E-state index contributed by atoms with van der Waals surface area (Å²) in [5.41, 5.74) is 6.26. The number of halogens is 1. The Balaban J connectivity index is 1.76. The van der Waals surface area contributed by atoms with E-state index in [0.29, 0.717) is 24.1 Å². The van der Waals surface area contributed by atoms with Gasteiger partial charge in [-0.05, 0) is 75.6 Å². The standard InChI is InChI=1S/C35H44ClN3O4Si/c1-22-21-26-30(24-13-15-25(36)16-14-24)29(33(34(40)41-6)43-35(3,4)5)23(2)31-32(26)38(22)17-18-39(31)27-11-10-12-28(37-27)42-19-20-44(7,8)9/h10-16,21,33H,17-20H2,1-9H3/q-1/t33-/m0/s1. The van der Waals surface area contributed by atoms with Crippen LogP contribution in [0, 0.1) is 13.8 Å². The van der Waals surface area contributed by atoms with Crippen LogP contribution in [0.25, 0.3) is 22.0 Å². The Morgan fingerprint density at radius 3 is 2.41 bits per heavy atom. The number of anilines is 2. The van der Waals surface area contributed by atoms with Crippen LogP contribution >= 0.6 is 11.6 Å². The van der Waals surface area contributed by atoms with Crippen molar-refractivity contribution in [2.24, 2.45) is 0 Å². The minimum atomic E-state index is -1.24. The molecule has 235 valence electrons. The number of carbonyl (C=O) groups excluding carboxylic acids is 1. The Kier molecular flexibility index (Phi) is 8.91. The third kappa shape index (κ3) is 6.53. The first-order chi connectivity index (χ1) is 20.7. The van der Waals surface area contributed by atoms with Gasteiger partial charge in [-0.2, -0.15) is 24.6 Å². The third-order valence-electron chi connectivity index (χ3n) is 8.01. The van der Waals surface area contributed by atoms with E-state index in [1.807, 2.05) is 63.2 Å². The lowest BCUT2D eigenvalue weighted by Crippen LogP contribution is -2.32.